The van der Waals surface area contributed by atoms with Gasteiger partial charge in [0, 0.05) is 0 Å². The first-order chi connectivity index (χ1) is 13.7. The molecule has 0 bridgehead atoms. The van der Waals surface area contributed by atoms with Crippen LogP contribution in [0, 0.1) is 11.8 Å². The Kier molecular flexibility index (Phi) is 10.9. The van der Waals surface area contributed by atoms with Crippen molar-refractivity contribution in [3.05, 3.63) is 0 Å². The highest BCUT2D eigenvalue weighted by Crippen LogP contribution is 2.17. The van der Waals surface area contributed by atoms with Crippen LogP contribution in [0.25, 0.3) is 0 Å². The zero-order valence-electron chi connectivity index (χ0n) is 19.4. The van der Waals surface area contributed by atoms with Gasteiger partial charge in [-0.3, -0.25) is 19.3 Å². The average Bonchev–Trinajstić information content (AvgIpc) is 2.61. The Bertz CT molecular complexity index is 639. The number of carbonyl (C=O) groups excluding carboxylic acids is 5. The number of imide groups is 1. The molecule has 0 aliphatic heterocycles. The molecular weight excluding hydrogens is 390 g/mol. The number of carbonyl (C=O) groups is 5. The molecule has 0 fully saturated rings. The van der Waals surface area contributed by atoms with Gasteiger partial charge in [0.05, 0.1) is 12.1 Å². The normalized spacial score (nSPS) is 14.6. The predicted molar refractivity (Wildman–Crippen MR) is 112 cm³/mol. The fourth-order valence-electron chi connectivity index (χ4n) is 2.68. The molecule has 0 aliphatic carbocycles. The summed E-state index contributed by atoms with van der Waals surface area (Å²) < 4.78 is 5.20. The van der Waals surface area contributed by atoms with Crippen molar-refractivity contribution in [2.75, 3.05) is 0 Å². The van der Waals surface area contributed by atoms with Crippen LogP contribution in [0.3, 0.4) is 0 Å². The number of Topliss-reactive ketones (excluding diaryl/α,β-unsaturated/α-hetero) is 1. The molecule has 0 radical (unpaired) electrons. The molecule has 0 heterocycles. The monoisotopic (exact) mass is 427 g/mol. The lowest BCUT2D eigenvalue weighted by Crippen LogP contribution is -2.59. The third-order valence-corrected chi connectivity index (χ3v) is 4.25. The zero-order valence-corrected chi connectivity index (χ0v) is 19.4. The summed E-state index contributed by atoms with van der Waals surface area (Å²) >= 11 is 0. The summed E-state index contributed by atoms with van der Waals surface area (Å²) in [6.45, 7) is 13.6. The molecule has 0 spiro atoms. The van der Waals surface area contributed by atoms with Crippen LogP contribution in [0.2, 0.25) is 0 Å². The van der Waals surface area contributed by atoms with E-state index >= 15 is 0 Å². The Hall–Kier alpha value is -2.29. The Balaban J connectivity index is 6.05. The molecule has 9 nitrogen and oxygen atoms in total. The lowest BCUT2D eigenvalue weighted by molar-refractivity contribution is -0.157. The molecule has 9 heteroatoms. The Labute approximate surface area is 179 Å². The quantitative estimate of drug-likeness (QED) is 0.401. The van der Waals surface area contributed by atoms with Crippen LogP contribution in [-0.2, 0) is 23.9 Å². The molecule has 1 unspecified atom stereocenters. The van der Waals surface area contributed by atoms with Crippen LogP contribution in [0.1, 0.15) is 68.2 Å². The third kappa shape index (κ3) is 8.61. The smallest absolute Gasteiger partial charge is 0.408 e. The summed E-state index contributed by atoms with van der Waals surface area (Å²) in [6.07, 6.45) is -0.00466. The molecule has 3 N–H and O–H groups in total. The summed E-state index contributed by atoms with van der Waals surface area (Å²) in [5, 5.41) is 2.46. The van der Waals surface area contributed by atoms with Gasteiger partial charge in [-0.15, -0.1) is 0 Å². The van der Waals surface area contributed by atoms with E-state index in [0.29, 0.717) is 11.2 Å². The van der Waals surface area contributed by atoms with Crippen molar-refractivity contribution in [2.45, 2.75) is 92.0 Å². The van der Waals surface area contributed by atoms with Crippen LogP contribution in [-0.4, -0.2) is 58.6 Å². The van der Waals surface area contributed by atoms with Gasteiger partial charge in [0.25, 0.3) is 11.8 Å². The van der Waals surface area contributed by atoms with Crippen molar-refractivity contribution in [1.29, 1.82) is 0 Å². The number of hydrogen-bond acceptors (Lipinski definition) is 7. The molecule has 0 aliphatic rings. The second kappa shape index (κ2) is 11.8. The molecule has 3 atom stereocenters. The van der Waals surface area contributed by atoms with Crippen molar-refractivity contribution >= 4 is 30.0 Å². The standard InChI is InChI=1S/C21H37N3O6/c1-9-15(22)17(26)19(28)24(14(11-25)10-12(2)3)18(27)16(13(4)5)23-20(29)30-21(6,7)8/h11-16H,9-10,22H2,1-8H3,(H,23,29)/t14-,15?,16+/m1/s1. The molecule has 0 aromatic rings. The Morgan fingerprint density at radius 1 is 1.10 bits per heavy atom. The van der Waals surface area contributed by atoms with Gasteiger partial charge >= 0.3 is 6.09 Å². The van der Waals surface area contributed by atoms with Gasteiger partial charge < -0.3 is 20.6 Å². The van der Waals surface area contributed by atoms with Crippen molar-refractivity contribution in [1.82, 2.24) is 10.2 Å². The lowest BCUT2D eigenvalue weighted by Gasteiger charge is -2.33. The van der Waals surface area contributed by atoms with Crippen LogP contribution in [0.15, 0.2) is 0 Å². The zero-order chi connectivity index (χ0) is 23.8. The van der Waals surface area contributed by atoms with Gasteiger partial charge in [-0.1, -0.05) is 34.6 Å². The third-order valence-electron chi connectivity index (χ3n) is 4.25. The molecular formula is C21H37N3O6. The first-order valence-corrected chi connectivity index (χ1v) is 10.3. The number of ketones is 1. The summed E-state index contributed by atoms with van der Waals surface area (Å²) in [4.78, 5) is 63.3. The van der Waals surface area contributed by atoms with E-state index in [1.165, 1.54) is 0 Å². The number of alkyl carbamates (subject to hydrolysis) is 1. The SMILES string of the molecule is CCC(N)C(=O)C(=O)N(C(=O)[C@@H](NC(=O)OC(C)(C)C)C(C)C)[C@@H](C=O)CC(C)C. The molecule has 172 valence electrons. The van der Waals surface area contributed by atoms with E-state index in [-0.39, 0.29) is 18.8 Å². The highest BCUT2D eigenvalue weighted by molar-refractivity contribution is 6.40. The van der Waals surface area contributed by atoms with E-state index in [1.54, 1.807) is 41.5 Å². The van der Waals surface area contributed by atoms with Gasteiger partial charge in [-0.2, -0.15) is 0 Å². The number of nitrogens with one attached hydrogen (secondary N) is 1. The maximum atomic E-state index is 13.3. The second-order valence-corrected chi connectivity index (χ2v) is 9.09. The number of ether oxygens (including phenoxy) is 1. The van der Waals surface area contributed by atoms with E-state index in [4.69, 9.17) is 10.5 Å². The summed E-state index contributed by atoms with van der Waals surface area (Å²) in [5.74, 6) is -3.43. The predicted octanol–water partition coefficient (Wildman–Crippen LogP) is 1.81. The number of nitrogens with two attached hydrogens (primary N) is 1. The number of amides is 3. The number of rotatable bonds is 10. The fraction of sp³-hybridized carbons (Fsp3) is 0.762. The van der Waals surface area contributed by atoms with Crippen molar-refractivity contribution in [2.24, 2.45) is 17.6 Å². The first-order valence-electron chi connectivity index (χ1n) is 10.3. The molecule has 0 aromatic heterocycles. The maximum absolute atomic E-state index is 13.3. The fourth-order valence-corrected chi connectivity index (χ4v) is 2.68. The van der Waals surface area contributed by atoms with Crippen molar-refractivity contribution in [3.8, 4) is 0 Å². The molecule has 30 heavy (non-hydrogen) atoms. The van der Waals surface area contributed by atoms with Gasteiger partial charge in [-0.05, 0) is 45.4 Å². The summed E-state index contributed by atoms with van der Waals surface area (Å²) in [5.41, 5.74) is 4.90. The summed E-state index contributed by atoms with van der Waals surface area (Å²) in [6, 6.07) is -3.42. The van der Waals surface area contributed by atoms with Gasteiger partial charge in [0.15, 0.2) is 0 Å². The van der Waals surface area contributed by atoms with Crippen LogP contribution in [0.5, 0.6) is 0 Å². The van der Waals surface area contributed by atoms with E-state index in [9.17, 15) is 24.0 Å². The molecule has 0 saturated carbocycles. The summed E-state index contributed by atoms with van der Waals surface area (Å²) in [7, 11) is 0. The first kappa shape index (κ1) is 27.7. The van der Waals surface area contributed by atoms with Gasteiger partial charge in [0.2, 0.25) is 5.78 Å². The van der Waals surface area contributed by atoms with Crippen molar-refractivity contribution < 1.29 is 28.7 Å². The minimum absolute atomic E-state index is 0.0328. The van der Waals surface area contributed by atoms with Crippen LogP contribution in [0.4, 0.5) is 4.79 Å². The number of hydrogen-bond donors (Lipinski definition) is 2. The molecule has 0 saturated heterocycles. The highest BCUT2D eigenvalue weighted by atomic mass is 16.6. The van der Waals surface area contributed by atoms with E-state index < -0.39 is 53.3 Å². The van der Waals surface area contributed by atoms with E-state index in [1.807, 2.05) is 13.8 Å². The lowest BCUT2D eigenvalue weighted by atomic mass is 9.97. The second-order valence-electron chi connectivity index (χ2n) is 9.09. The van der Waals surface area contributed by atoms with E-state index in [0.717, 1.165) is 0 Å². The average molecular weight is 428 g/mol. The topological polar surface area (TPSA) is 136 Å². The maximum Gasteiger partial charge on any atom is 0.408 e. The molecule has 3 amide bonds. The number of aldehydes is 1. The van der Waals surface area contributed by atoms with E-state index in [2.05, 4.69) is 5.32 Å². The Morgan fingerprint density at radius 3 is 2.00 bits per heavy atom. The minimum atomic E-state index is -1.18. The molecule has 0 aromatic carbocycles. The number of nitrogens with zero attached hydrogens (tertiary/aromatic N) is 1. The van der Waals surface area contributed by atoms with Crippen molar-refractivity contribution in [3.63, 3.8) is 0 Å². The van der Waals surface area contributed by atoms with Crippen LogP contribution >= 0.6 is 0 Å². The minimum Gasteiger partial charge on any atom is -0.444 e. The highest BCUT2D eigenvalue weighted by Gasteiger charge is 2.40. The largest absolute Gasteiger partial charge is 0.444 e. The van der Waals surface area contributed by atoms with Gasteiger partial charge in [0.1, 0.15) is 17.9 Å². The Morgan fingerprint density at radius 2 is 1.63 bits per heavy atom. The molecule has 0 rings (SSSR count). The van der Waals surface area contributed by atoms with Gasteiger partial charge in [-0.25, -0.2) is 4.79 Å². The van der Waals surface area contributed by atoms with Crippen LogP contribution < -0.4 is 11.1 Å².